The number of hydrogen-bond acceptors (Lipinski definition) is 5. The van der Waals surface area contributed by atoms with Gasteiger partial charge in [-0.25, -0.2) is 8.42 Å². The molecule has 0 saturated heterocycles. The first kappa shape index (κ1) is 27.1. The number of nitrogens with one attached hydrogen (secondary N) is 1. The van der Waals surface area contributed by atoms with Crippen molar-refractivity contribution < 1.29 is 22.7 Å². The fourth-order valence-corrected chi connectivity index (χ4v) is 5.50. The van der Waals surface area contributed by atoms with Crippen LogP contribution in [0.25, 0.3) is 0 Å². The molecule has 3 aromatic rings. The number of rotatable bonds is 9. The van der Waals surface area contributed by atoms with Crippen LogP contribution in [0.1, 0.15) is 40.8 Å². The Hall–Kier alpha value is -3.52. The van der Waals surface area contributed by atoms with E-state index < -0.39 is 22.5 Å². The van der Waals surface area contributed by atoms with Gasteiger partial charge < -0.3 is 14.8 Å². The van der Waals surface area contributed by atoms with Crippen molar-refractivity contribution in [2.75, 3.05) is 25.1 Å². The van der Waals surface area contributed by atoms with E-state index in [0.717, 1.165) is 26.6 Å². The Morgan fingerprint density at radius 3 is 2.14 bits per heavy atom. The number of carbonyl (C=O) groups is 1. The number of amides is 1. The van der Waals surface area contributed by atoms with Crippen LogP contribution in [0, 0.1) is 27.7 Å². The first-order valence-corrected chi connectivity index (χ1v) is 13.1. The number of aryl methyl sites for hydroxylation is 4. The molecule has 0 saturated carbocycles. The highest BCUT2D eigenvalue weighted by Gasteiger charge is 2.30. The van der Waals surface area contributed by atoms with Crippen LogP contribution < -0.4 is 19.1 Å². The smallest absolute Gasteiger partial charge is 0.264 e. The molecule has 36 heavy (non-hydrogen) atoms. The van der Waals surface area contributed by atoms with E-state index in [0.29, 0.717) is 11.5 Å². The lowest BCUT2D eigenvalue weighted by Gasteiger charge is -2.27. The van der Waals surface area contributed by atoms with E-state index in [4.69, 9.17) is 9.47 Å². The predicted octanol–water partition coefficient (Wildman–Crippen LogP) is 5.01. The van der Waals surface area contributed by atoms with Gasteiger partial charge in [0, 0.05) is 6.07 Å². The van der Waals surface area contributed by atoms with Crippen LogP contribution in [-0.2, 0) is 14.8 Å². The Labute approximate surface area is 214 Å². The Kier molecular flexibility index (Phi) is 8.30. The van der Waals surface area contributed by atoms with Gasteiger partial charge in [0.05, 0.1) is 30.8 Å². The largest absolute Gasteiger partial charge is 0.497 e. The third-order valence-electron chi connectivity index (χ3n) is 6.28. The van der Waals surface area contributed by atoms with Gasteiger partial charge in [-0.15, -0.1) is 0 Å². The second kappa shape index (κ2) is 11.0. The van der Waals surface area contributed by atoms with Crippen molar-refractivity contribution in [1.82, 2.24) is 5.32 Å². The van der Waals surface area contributed by atoms with Crippen molar-refractivity contribution in [3.63, 3.8) is 0 Å². The summed E-state index contributed by atoms with van der Waals surface area (Å²) in [6.07, 6.45) is 0. The third kappa shape index (κ3) is 5.82. The molecule has 0 unspecified atom stereocenters. The number of hydrogen-bond donors (Lipinski definition) is 1. The molecule has 0 aliphatic rings. The van der Waals surface area contributed by atoms with Crippen LogP contribution in [0.4, 0.5) is 5.69 Å². The summed E-state index contributed by atoms with van der Waals surface area (Å²) in [6.45, 7) is 9.40. The normalized spacial score (nSPS) is 12.1. The minimum Gasteiger partial charge on any atom is -0.497 e. The first-order chi connectivity index (χ1) is 17.0. The second-order valence-corrected chi connectivity index (χ2v) is 10.8. The maximum absolute atomic E-state index is 13.8. The lowest BCUT2D eigenvalue weighted by atomic mass is 9.96. The minimum atomic E-state index is -4.11. The van der Waals surface area contributed by atoms with Crippen molar-refractivity contribution in [1.29, 1.82) is 0 Å². The van der Waals surface area contributed by atoms with Crippen LogP contribution in [0.2, 0.25) is 0 Å². The van der Waals surface area contributed by atoms with Crippen molar-refractivity contribution >= 4 is 21.6 Å². The number of ether oxygens (including phenoxy) is 2. The molecule has 0 bridgehead atoms. The molecule has 1 atom stereocenters. The summed E-state index contributed by atoms with van der Waals surface area (Å²) < 4.78 is 39.4. The molecule has 1 amide bonds. The van der Waals surface area contributed by atoms with E-state index in [9.17, 15) is 13.2 Å². The number of carbonyl (C=O) groups excluding carboxylic acids is 1. The molecule has 7 nitrogen and oxygen atoms in total. The Balaban J connectivity index is 2.01. The SMILES string of the molecule is COc1ccc(OC)c(N(CC(=O)N[C@@H](C)c2cc(C)c(C)cc2C)S(=O)(=O)c2ccc(C)cc2)c1. The van der Waals surface area contributed by atoms with Crippen molar-refractivity contribution in [2.24, 2.45) is 0 Å². The van der Waals surface area contributed by atoms with Gasteiger partial charge in [-0.1, -0.05) is 29.8 Å². The van der Waals surface area contributed by atoms with Crippen LogP contribution in [0.3, 0.4) is 0 Å². The molecule has 8 heteroatoms. The summed E-state index contributed by atoms with van der Waals surface area (Å²) in [5.41, 5.74) is 5.48. The van der Waals surface area contributed by atoms with E-state index in [1.54, 1.807) is 30.3 Å². The average molecular weight is 511 g/mol. The van der Waals surface area contributed by atoms with Gasteiger partial charge in [0.1, 0.15) is 18.0 Å². The van der Waals surface area contributed by atoms with Gasteiger partial charge in [-0.05, 0) is 81.1 Å². The zero-order valence-corrected chi connectivity index (χ0v) is 22.7. The molecular formula is C28H34N2O5S. The number of sulfonamides is 1. The zero-order chi connectivity index (χ0) is 26.6. The summed E-state index contributed by atoms with van der Waals surface area (Å²) in [7, 11) is -1.17. The van der Waals surface area contributed by atoms with E-state index in [2.05, 4.69) is 17.4 Å². The van der Waals surface area contributed by atoms with Gasteiger partial charge in [0.2, 0.25) is 5.91 Å². The van der Waals surface area contributed by atoms with E-state index in [1.807, 2.05) is 34.6 Å². The van der Waals surface area contributed by atoms with Crippen LogP contribution in [0.15, 0.2) is 59.5 Å². The van der Waals surface area contributed by atoms with Crippen LogP contribution in [-0.4, -0.2) is 35.1 Å². The lowest BCUT2D eigenvalue weighted by molar-refractivity contribution is -0.120. The fourth-order valence-electron chi connectivity index (χ4n) is 4.07. The van der Waals surface area contributed by atoms with E-state index >= 15 is 0 Å². The molecule has 0 fully saturated rings. The lowest BCUT2D eigenvalue weighted by Crippen LogP contribution is -2.41. The van der Waals surface area contributed by atoms with Gasteiger partial charge in [-0.2, -0.15) is 0 Å². The van der Waals surface area contributed by atoms with Crippen molar-refractivity contribution in [2.45, 2.75) is 45.6 Å². The molecule has 1 N–H and O–H groups in total. The maximum Gasteiger partial charge on any atom is 0.264 e. The van der Waals surface area contributed by atoms with E-state index in [1.165, 1.54) is 31.9 Å². The summed E-state index contributed by atoms with van der Waals surface area (Å²) in [5, 5.41) is 2.97. The molecule has 3 rings (SSSR count). The highest BCUT2D eigenvalue weighted by atomic mass is 32.2. The van der Waals surface area contributed by atoms with E-state index in [-0.39, 0.29) is 16.6 Å². The van der Waals surface area contributed by atoms with Gasteiger partial charge in [0.15, 0.2) is 0 Å². The Morgan fingerprint density at radius 2 is 1.53 bits per heavy atom. The average Bonchev–Trinajstić information content (AvgIpc) is 2.84. The van der Waals surface area contributed by atoms with Crippen LogP contribution in [0.5, 0.6) is 11.5 Å². The number of benzene rings is 3. The molecule has 3 aromatic carbocycles. The minimum absolute atomic E-state index is 0.0730. The van der Waals surface area contributed by atoms with Crippen molar-refractivity contribution in [3.8, 4) is 11.5 Å². The molecule has 0 heterocycles. The Morgan fingerprint density at radius 1 is 0.889 bits per heavy atom. The molecule has 192 valence electrons. The maximum atomic E-state index is 13.8. The monoisotopic (exact) mass is 510 g/mol. The quantitative estimate of drug-likeness (QED) is 0.437. The van der Waals surface area contributed by atoms with Gasteiger partial charge in [-0.3, -0.25) is 9.10 Å². The second-order valence-electron chi connectivity index (χ2n) is 8.94. The summed E-state index contributed by atoms with van der Waals surface area (Å²) in [4.78, 5) is 13.3. The first-order valence-electron chi connectivity index (χ1n) is 11.7. The summed E-state index contributed by atoms with van der Waals surface area (Å²) in [6, 6.07) is 15.2. The zero-order valence-electron chi connectivity index (χ0n) is 21.9. The number of anilines is 1. The number of nitrogens with zero attached hydrogens (tertiary/aromatic N) is 1. The van der Waals surface area contributed by atoms with Crippen molar-refractivity contribution in [3.05, 3.63) is 82.4 Å². The standard InChI is InChI=1S/C28H34N2O5S/c1-18-8-11-24(12-9-18)36(32,33)30(26-16-23(34-6)10-13-27(26)35-7)17-28(31)29-22(5)25-15-20(3)19(2)14-21(25)4/h8-16,22H,17H2,1-7H3,(H,29,31)/t22-/m0/s1. The summed E-state index contributed by atoms with van der Waals surface area (Å²) >= 11 is 0. The summed E-state index contributed by atoms with van der Waals surface area (Å²) in [5.74, 6) is 0.299. The number of methoxy groups -OCH3 is 2. The molecule has 0 aromatic heterocycles. The molecule has 0 aliphatic heterocycles. The molecule has 0 radical (unpaired) electrons. The topological polar surface area (TPSA) is 84.9 Å². The van der Waals surface area contributed by atoms with Gasteiger partial charge >= 0.3 is 0 Å². The highest BCUT2D eigenvalue weighted by molar-refractivity contribution is 7.92. The molecule has 0 spiro atoms. The molecule has 0 aliphatic carbocycles. The van der Waals surface area contributed by atoms with Crippen LogP contribution >= 0.6 is 0 Å². The molecular weight excluding hydrogens is 476 g/mol. The highest BCUT2D eigenvalue weighted by Crippen LogP contribution is 2.35. The Bertz CT molecular complexity index is 1350. The predicted molar refractivity (Wildman–Crippen MR) is 142 cm³/mol. The fraction of sp³-hybridized carbons (Fsp3) is 0.321. The van der Waals surface area contributed by atoms with Gasteiger partial charge in [0.25, 0.3) is 10.0 Å². The third-order valence-corrected chi connectivity index (χ3v) is 8.05.